The number of amides is 3. The minimum Gasteiger partial charge on any atom is -0.323 e. The van der Waals surface area contributed by atoms with E-state index in [-0.39, 0.29) is 11.9 Å². The topological polar surface area (TPSA) is 53.9 Å². The van der Waals surface area contributed by atoms with E-state index in [1.54, 1.807) is 0 Å². The van der Waals surface area contributed by atoms with E-state index in [1.807, 2.05) is 6.92 Å². The summed E-state index contributed by atoms with van der Waals surface area (Å²) >= 11 is 0. The van der Waals surface area contributed by atoms with Gasteiger partial charge in [0, 0.05) is 0 Å². The molecule has 0 unspecified atom stereocenters. The molecule has 2 N–H and O–H groups in total. The van der Waals surface area contributed by atoms with Crippen LogP contribution >= 0.6 is 0 Å². The van der Waals surface area contributed by atoms with Crippen molar-refractivity contribution in [1.29, 1.82) is 0 Å². The van der Waals surface area contributed by atoms with Crippen LogP contribution in [0.1, 0.15) is 52.9 Å². The number of rotatable bonds is 5. The molecule has 5 nitrogen and oxygen atoms in total. The molecule has 114 valence electrons. The van der Waals surface area contributed by atoms with E-state index in [0.29, 0.717) is 12.6 Å². The smallest absolute Gasteiger partial charge is 0.323 e. The molecule has 20 heavy (non-hydrogen) atoms. The van der Waals surface area contributed by atoms with Gasteiger partial charge in [0.05, 0.1) is 13.1 Å². The van der Waals surface area contributed by atoms with Gasteiger partial charge < -0.3 is 10.2 Å². The summed E-state index contributed by atoms with van der Waals surface area (Å²) in [6.07, 6.45) is 5.34. The molecule has 1 atom stereocenters. The molecule has 2 aliphatic rings. The highest BCUT2D eigenvalue weighted by molar-refractivity contribution is 6.06. The largest absolute Gasteiger partial charge is 0.329 e. The highest BCUT2D eigenvalue weighted by Crippen LogP contribution is 2.24. The zero-order valence-corrected chi connectivity index (χ0v) is 13.0. The predicted molar refractivity (Wildman–Crippen MR) is 77.3 cm³/mol. The lowest BCUT2D eigenvalue weighted by Crippen LogP contribution is -3.14. The molecule has 0 aromatic heterocycles. The Balaban J connectivity index is 1.96. The molecule has 2 fully saturated rings. The molecule has 5 heteroatoms. The standard InChI is InChI=1S/C15H27N3O2/c1-12(2)7-8-15(3)13(19)18(14(20)16-15)11-17-9-5-4-6-10-17/h12H,4-11H2,1-3H3,(H,16,20)/p+1/t15-/m0/s1. The van der Waals surface area contributed by atoms with Gasteiger partial charge in [0.1, 0.15) is 5.54 Å². The molecule has 3 amide bonds. The predicted octanol–water partition coefficient (Wildman–Crippen LogP) is 0.759. The second-order valence-electron chi connectivity index (χ2n) is 6.90. The molecule has 0 aromatic carbocycles. The SMILES string of the molecule is CC(C)CC[C@]1(C)NC(=O)N(C[NH+]2CCCCC2)C1=O. The van der Waals surface area contributed by atoms with Gasteiger partial charge in [-0.1, -0.05) is 13.8 Å². The maximum atomic E-state index is 12.6. The first-order valence-electron chi connectivity index (χ1n) is 7.90. The second kappa shape index (κ2) is 6.12. The van der Waals surface area contributed by atoms with Crippen molar-refractivity contribution < 1.29 is 14.5 Å². The molecule has 2 saturated heterocycles. The summed E-state index contributed by atoms with van der Waals surface area (Å²) in [6, 6.07) is -0.209. The Morgan fingerprint density at radius 1 is 1.25 bits per heavy atom. The van der Waals surface area contributed by atoms with Crippen LogP contribution in [0.25, 0.3) is 0 Å². The van der Waals surface area contributed by atoms with Crippen LogP contribution < -0.4 is 10.2 Å². The zero-order valence-electron chi connectivity index (χ0n) is 13.0. The first-order chi connectivity index (χ1) is 9.42. The second-order valence-corrected chi connectivity index (χ2v) is 6.90. The summed E-state index contributed by atoms with van der Waals surface area (Å²) in [5.41, 5.74) is -0.698. The molecular formula is C15H28N3O2+. The summed E-state index contributed by atoms with van der Waals surface area (Å²) in [7, 11) is 0. The van der Waals surface area contributed by atoms with Crippen LogP contribution in [0, 0.1) is 5.92 Å². The number of carbonyl (C=O) groups excluding carboxylic acids is 2. The number of likely N-dealkylation sites (tertiary alicyclic amines) is 1. The number of piperidine rings is 1. The van der Waals surface area contributed by atoms with Crippen LogP contribution in [-0.2, 0) is 4.79 Å². The van der Waals surface area contributed by atoms with E-state index in [2.05, 4.69) is 19.2 Å². The highest BCUT2D eigenvalue weighted by atomic mass is 16.2. The van der Waals surface area contributed by atoms with Crippen molar-refractivity contribution in [2.45, 2.75) is 58.4 Å². The molecule has 0 saturated carbocycles. The van der Waals surface area contributed by atoms with Gasteiger partial charge in [0.25, 0.3) is 5.91 Å². The van der Waals surface area contributed by atoms with Crippen LogP contribution in [-0.4, -0.2) is 42.1 Å². The average Bonchev–Trinajstić information content (AvgIpc) is 2.62. The maximum absolute atomic E-state index is 12.6. The average molecular weight is 282 g/mol. The quantitative estimate of drug-likeness (QED) is 0.732. The maximum Gasteiger partial charge on any atom is 0.329 e. The molecule has 2 aliphatic heterocycles. The molecule has 0 aliphatic carbocycles. The van der Waals surface area contributed by atoms with Crippen molar-refractivity contribution in [2.24, 2.45) is 5.92 Å². The monoisotopic (exact) mass is 282 g/mol. The molecular weight excluding hydrogens is 254 g/mol. The Hall–Kier alpha value is -1.10. The highest BCUT2D eigenvalue weighted by Gasteiger charge is 2.48. The van der Waals surface area contributed by atoms with Gasteiger partial charge in [-0.15, -0.1) is 0 Å². The van der Waals surface area contributed by atoms with Crippen LogP contribution in [0.5, 0.6) is 0 Å². The van der Waals surface area contributed by atoms with Crippen molar-refractivity contribution in [3.8, 4) is 0 Å². The fourth-order valence-electron chi connectivity index (χ4n) is 3.07. The fraction of sp³-hybridized carbons (Fsp3) is 0.867. The lowest BCUT2D eigenvalue weighted by molar-refractivity contribution is -0.912. The number of quaternary nitrogens is 1. The third kappa shape index (κ3) is 3.32. The van der Waals surface area contributed by atoms with Crippen molar-refractivity contribution in [3.63, 3.8) is 0 Å². The van der Waals surface area contributed by atoms with E-state index >= 15 is 0 Å². The zero-order chi connectivity index (χ0) is 14.8. The Labute approximate surface area is 121 Å². The Morgan fingerprint density at radius 3 is 2.50 bits per heavy atom. The van der Waals surface area contributed by atoms with Gasteiger partial charge in [0.15, 0.2) is 6.67 Å². The number of nitrogens with one attached hydrogen (secondary N) is 2. The molecule has 2 heterocycles. The third-order valence-corrected chi connectivity index (χ3v) is 4.51. The molecule has 0 radical (unpaired) electrons. The van der Waals surface area contributed by atoms with Crippen LogP contribution in [0.3, 0.4) is 0 Å². The number of imide groups is 1. The van der Waals surface area contributed by atoms with Gasteiger partial charge in [0.2, 0.25) is 0 Å². The van der Waals surface area contributed by atoms with Gasteiger partial charge in [-0.05, 0) is 44.9 Å². The van der Waals surface area contributed by atoms with Crippen molar-refractivity contribution in [2.75, 3.05) is 19.8 Å². The number of urea groups is 1. The van der Waals surface area contributed by atoms with Crippen LogP contribution in [0.15, 0.2) is 0 Å². The summed E-state index contributed by atoms with van der Waals surface area (Å²) in [5.74, 6) is 0.500. The minimum absolute atomic E-state index is 0.0405. The van der Waals surface area contributed by atoms with Crippen molar-refractivity contribution in [3.05, 3.63) is 0 Å². The van der Waals surface area contributed by atoms with Gasteiger partial charge in [-0.2, -0.15) is 0 Å². The molecule has 0 aromatic rings. The first kappa shape index (κ1) is 15.3. The number of carbonyl (C=O) groups is 2. The lowest BCUT2D eigenvalue weighted by atomic mass is 9.92. The number of hydrogen-bond acceptors (Lipinski definition) is 2. The summed E-state index contributed by atoms with van der Waals surface area (Å²) < 4.78 is 0. The fourth-order valence-corrected chi connectivity index (χ4v) is 3.07. The normalized spacial score (nSPS) is 28.3. The van der Waals surface area contributed by atoms with Crippen molar-refractivity contribution >= 4 is 11.9 Å². The van der Waals surface area contributed by atoms with E-state index in [1.165, 1.54) is 29.1 Å². The molecule has 0 bridgehead atoms. The van der Waals surface area contributed by atoms with E-state index < -0.39 is 5.54 Å². The Bertz CT molecular complexity index is 377. The third-order valence-electron chi connectivity index (χ3n) is 4.51. The summed E-state index contributed by atoms with van der Waals surface area (Å²) in [6.45, 7) is 8.81. The van der Waals surface area contributed by atoms with Gasteiger partial charge in [-0.25, -0.2) is 9.69 Å². The number of hydrogen-bond donors (Lipinski definition) is 2. The number of nitrogens with zero attached hydrogens (tertiary/aromatic N) is 1. The Morgan fingerprint density at radius 2 is 1.90 bits per heavy atom. The van der Waals surface area contributed by atoms with Gasteiger partial charge >= 0.3 is 6.03 Å². The Kier molecular flexibility index (Phi) is 4.68. The van der Waals surface area contributed by atoms with Gasteiger partial charge in [-0.3, -0.25) is 4.79 Å². The molecule has 0 spiro atoms. The van der Waals surface area contributed by atoms with Crippen molar-refractivity contribution in [1.82, 2.24) is 10.2 Å². The summed E-state index contributed by atoms with van der Waals surface area (Å²) in [5, 5.41) is 2.90. The molecule has 2 rings (SSSR count). The lowest BCUT2D eigenvalue weighted by Gasteiger charge is -2.27. The first-order valence-corrected chi connectivity index (χ1v) is 7.90. The van der Waals surface area contributed by atoms with E-state index in [4.69, 9.17) is 0 Å². The minimum atomic E-state index is -0.698. The van der Waals surface area contributed by atoms with E-state index in [9.17, 15) is 9.59 Å². The van der Waals surface area contributed by atoms with Crippen LogP contribution in [0.2, 0.25) is 0 Å². The summed E-state index contributed by atoms with van der Waals surface area (Å²) in [4.78, 5) is 27.4. The van der Waals surface area contributed by atoms with Crippen LogP contribution in [0.4, 0.5) is 4.79 Å². The van der Waals surface area contributed by atoms with E-state index in [0.717, 1.165) is 25.9 Å².